The van der Waals surface area contributed by atoms with Gasteiger partial charge >= 0.3 is 11.9 Å². The highest BCUT2D eigenvalue weighted by Crippen LogP contribution is 2.04. The largest absolute Gasteiger partial charge is 0.481 e. The molecule has 0 amide bonds. The summed E-state index contributed by atoms with van der Waals surface area (Å²) in [6.07, 6.45) is -0.655. The summed E-state index contributed by atoms with van der Waals surface area (Å²) in [4.78, 5) is 36.4. The van der Waals surface area contributed by atoms with Crippen LogP contribution in [-0.4, -0.2) is 34.9 Å². The molecule has 0 atom stereocenters. The van der Waals surface area contributed by atoms with Crippen LogP contribution < -0.4 is 0 Å². The van der Waals surface area contributed by atoms with Crippen LogP contribution in [0.2, 0.25) is 0 Å². The van der Waals surface area contributed by atoms with Gasteiger partial charge in [0.25, 0.3) is 0 Å². The Morgan fingerprint density at radius 1 is 1.31 bits per heavy atom. The quantitative estimate of drug-likeness (QED) is 0.454. The van der Waals surface area contributed by atoms with Gasteiger partial charge in [-0.3, -0.25) is 9.59 Å². The average Bonchev–Trinajstić information content (AvgIpc) is 2.27. The fourth-order valence-corrected chi connectivity index (χ4v) is 1.04. The topological polar surface area (TPSA) is 93.6 Å². The zero-order valence-electron chi connectivity index (χ0n) is 8.47. The van der Waals surface area contributed by atoms with Gasteiger partial charge in [-0.2, -0.15) is 0 Å². The fourth-order valence-electron chi connectivity index (χ4n) is 1.04. The molecule has 0 bridgehead atoms. The van der Waals surface area contributed by atoms with Gasteiger partial charge in [0.15, 0.2) is 5.78 Å². The first-order chi connectivity index (χ1) is 7.54. The normalized spacial score (nSPS) is 9.56. The van der Waals surface area contributed by atoms with Crippen LogP contribution in [0.15, 0.2) is 18.2 Å². The van der Waals surface area contributed by atoms with E-state index in [1.54, 1.807) is 0 Å². The molecule has 1 N–H and O–H groups in total. The zero-order valence-corrected chi connectivity index (χ0v) is 8.47. The third-order valence-electron chi connectivity index (χ3n) is 1.74. The lowest BCUT2D eigenvalue weighted by Gasteiger charge is -2.00. The summed E-state index contributed by atoms with van der Waals surface area (Å²) in [6.45, 7) is 0. The number of carbonyl (C=O) groups excluding carboxylic acids is 2. The number of hydrogen-bond donors (Lipinski definition) is 1. The summed E-state index contributed by atoms with van der Waals surface area (Å²) in [5.41, 5.74) is -0.0935. The fraction of sp³-hybridized carbons (Fsp3) is 0.200. The molecule has 0 unspecified atom stereocenters. The Kier molecular flexibility index (Phi) is 3.71. The van der Waals surface area contributed by atoms with Crippen LogP contribution >= 0.6 is 0 Å². The number of Topliss-reactive ketones (excluding diaryl/α,β-unsaturated/α-hetero) is 1. The van der Waals surface area contributed by atoms with Crippen LogP contribution in [0.3, 0.4) is 0 Å². The number of ketones is 1. The van der Waals surface area contributed by atoms with E-state index in [0.29, 0.717) is 0 Å². The molecule has 0 aliphatic rings. The van der Waals surface area contributed by atoms with Crippen molar-refractivity contribution in [2.75, 3.05) is 7.11 Å². The number of esters is 1. The molecule has 6 nitrogen and oxygen atoms in total. The van der Waals surface area contributed by atoms with Gasteiger partial charge in [-0.25, -0.2) is 9.78 Å². The van der Waals surface area contributed by atoms with Crippen molar-refractivity contribution < 1.29 is 24.2 Å². The van der Waals surface area contributed by atoms with Crippen molar-refractivity contribution in [3.63, 3.8) is 0 Å². The standard InChI is InChI=1S/C10H9NO5/c1-16-10(15)7-4-2-3-6(11-7)8(12)5-9(13)14/h2-4H,5H2,1H3,(H,13,14). The Balaban J connectivity index is 2.94. The third-order valence-corrected chi connectivity index (χ3v) is 1.74. The molecule has 0 aromatic carbocycles. The number of nitrogens with zero attached hydrogens (tertiary/aromatic N) is 1. The molecule has 0 aliphatic carbocycles. The van der Waals surface area contributed by atoms with E-state index in [2.05, 4.69) is 9.72 Å². The maximum Gasteiger partial charge on any atom is 0.356 e. The van der Waals surface area contributed by atoms with Crippen LogP contribution in [0, 0.1) is 0 Å². The Bertz CT molecular complexity index is 441. The monoisotopic (exact) mass is 223 g/mol. The maximum atomic E-state index is 11.3. The second-order valence-corrected chi connectivity index (χ2v) is 2.89. The van der Waals surface area contributed by atoms with Crippen molar-refractivity contribution in [1.82, 2.24) is 4.98 Å². The second-order valence-electron chi connectivity index (χ2n) is 2.89. The minimum absolute atomic E-state index is 0.0289. The number of aromatic nitrogens is 1. The van der Waals surface area contributed by atoms with E-state index in [0.717, 1.165) is 0 Å². The van der Waals surface area contributed by atoms with Crippen LogP contribution in [-0.2, 0) is 9.53 Å². The lowest BCUT2D eigenvalue weighted by atomic mass is 10.2. The Morgan fingerprint density at radius 3 is 2.50 bits per heavy atom. The van der Waals surface area contributed by atoms with Gasteiger partial charge in [-0.1, -0.05) is 6.07 Å². The van der Waals surface area contributed by atoms with Gasteiger partial charge in [-0.05, 0) is 12.1 Å². The predicted octanol–water partition coefficient (Wildman–Crippen LogP) is 0.526. The van der Waals surface area contributed by atoms with Crippen molar-refractivity contribution in [2.45, 2.75) is 6.42 Å². The first-order valence-corrected chi connectivity index (χ1v) is 4.35. The molecule has 1 aromatic heterocycles. The third kappa shape index (κ3) is 2.88. The lowest BCUT2D eigenvalue weighted by Crippen LogP contribution is -2.12. The highest BCUT2D eigenvalue weighted by Gasteiger charge is 2.14. The van der Waals surface area contributed by atoms with Gasteiger partial charge in [0.1, 0.15) is 17.8 Å². The van der Waals surface area contributed by atoms with Crippen LogP contribution in [0.25, 0.3) is 0 Å². The molecule has 6 heteroatoms. The molecule has 0 spiro atoms. The highest BCUT2D eigenvalue weighted by molar-refractivity contribution is 6.04. The summed E-state index contributed by atoms with van der Waals surface area (Å²) in [5, 5.41) is 8.43. The number of rotatable bonds is 4. The second kappa shape index (κ2) is 5.01. The van der Waals surface area contributed by atoms with Crippen molar-refractivity contribution in [1.29, 1.82) is 0 Å². The van der Waals surface area contributed by atoms with Gasteiger partial charge in [0, 0.05) is 0 Å². The lowest BCUT2D eigenvalue weighted by molar-refractivity contribution is -0.135. The number of pyridine rings is 1. The summed E-state index contributed by atoms with van der Waals surface area (Å²) in [6, 6.07) is 4.16. The highest BCUT2D eigenvalue weighted by atomic mass is 16.5. The molecular formula is C10H9NO5. The van der Waals surface area contributed by atoms with Gasteiger partial charge < -0.3 is 9.84 Å². The van der Waals surface area contributed by atoms with Crippen LogP contribution in [0.1, 0.15) is 27.4 Å². The molecule has 0 saturated heterocycles. The molecule has 16 heavy (non-hydrogen) atoms. The maximum absolute atomic E-state index is 11.3. The summed E-state index contributed by atoms with van der Waals surface area (Å²) < 4.78 is 4.42. The molecule has 84 valence electrons. The molecular weight excluding hydrogens is 214 g/mol. The molecule has 0 saturated carbocycles. The molecule has 1 heterocycles. The SMILES string of the molecule is COC(=O)c1cccc(C(=O)CC(=O)O)n1. The first-order valence-electron chi connectivity index (χ1n) is 4.35. The smallest absolute Gasteiger partial charge is 0.356 e. The number of aliphatic carboxylic acids is 1. The Labute approximate surface area is 90.9 Å². The first kappa shape index (κ1) is 11.8. The minimum atomic E-state index is -1.24. The molecule has 0 aliphatic heterocycles. The number of hydrogen-bond acceptors (Lipinski definition) is 5. The van der Waals surface area contributed by atoms with E-state index in [-0.39, 0.29) is 11.4 Å². The summed E-state index contributed by atoms with van der Waals surface area (Å²) >= 11 is 0. The van der Waals surface area contributed by atoms with E-state index in [9.17, 15) is 14.4 Å². The molecule has 1 aromatic rings. The molecule has 0 fully saturated rings. The van der Waals surface area contributed by atoms with E-state index in [1.807, 2.05) is 0 Å². The van der Waals surface area contributed by atoms with Gasteiger partial charge in [0.2, 0.25) is 0 Å². The van der Waals surface area contributed by atoms with Gasteiger partial charge in [-0.15, -0.1) is 0 Å². The number of carboxylic acid groups (broad SMARTS) is 1. The Morgan fingerprint density at radius 2 is 1.94 bits per heavy atom. The predicted molar refractivity (Wildman–Crippen MR) is 52.2 cm³/mol. The van der Waals surface area contributed by atoms with E-state index >= 15 is 0 Å². The van der Waals surface area contributed by atoms with E-state index < -0.39 is 24.1 Å². The van der Waals surface area contributed by atoms with Gasteiger partial charge in [0.05, 0.1) is 7.11 Å². The Hall–Kier alpha value is -2.24. The number of methoxy groups -OCH3 is 1. The van der Waals surface area contributed by atoms with Crippen molar-refractivity contribution >= 4 is 17.7 Å². The number of carbonyl (C=O) groups is 3. The molecule has 1 rings (SSSR count). The number of carboxylic acids is 1. The van der Waals surface area contributed by atoms with Crippen molar-refractivity contribution in [3.8, 4) is 0 Å². The number of ether oxygens (including phenoxy) is 1. The zero-order chi connectivity index (χ0) is 12.1. The molecule has 0 radical (unpaired) electrons. The average molecular weight is 223 g/mol. The van der Waals surface area contributed by atoms with Crippen LogP contribution in [0.4, 0.5) is 0 Å². The minimum Gasteiger partial charge on any atom is -0.481 e. The van der Waals surface area contributed by atoms with Crippen molar-refractivity contribution in [2.24, 2.45) is 0 Å². The van der Waals surface area contributed by atoms with Crippen molar-refractivity contribution in [3.05, 3.63) is 29.6 Å². The summed E-state index contributed by atoms with van der Waals surface area (Å²) in [7, 11) is 1.19. The van der Waals surface area contributed by atoms with E-state index in [1.165, 1.54) is 25.3 Å². The van der Waals surface area contributed by atoms with Crippen LogP contribution in [0.5, 0.6) is 0 Å². The summed E-state index contributed by atoms with van der Waals surface area (Å²) in [5.74, 6) is -2.57. The van der Waals surface area contributed by atoms with E-state index in [4.69, 9.17) is 5.11 Å².